The van der Waals surface area contributed by atoms with Crippen LogP contribution in [0.15, 0.2) is 18.2 Å². The minimum Gasteiger partial charge on any atom is -0.497 e. The van der Waals surface area contributed by atoms with Gasteiger partial charge in [-0.05, 0) is 17.3 Å². The molecule has 0 fully saturated rings. The highest BCUT2D eigenvalue weighted by Crippen LogP contribution is 2.35. The van der Waals surface area contributed by atoms with Crippen molar-refractivity contribution in [1.82, 2.24) is 14.8 Å². The lowest BCUT2D eigenvalue weighted by Crippen LogP contribution is -2.10. The summed E-state index contributed by atoms with van der Waals surface area (Å²) in [5.41, 5.74) is 0.852. The minimum atomic E-state index is 0.691. The number of ether oxygens (including phenoxy) is 2. The molecule has 0 bridgehead atoms. The van der Waals surface area contributed by atoms with Crippen LogP contribution in [-0.2, 0) is 0 Å². The predicted molar refractivity (Wildman–Crippen MR) is 65.3 cm³/mol. The van der Waals surface area contributed by atoms with Gasteiger partial charge in [-0.2, -0.15) is 0 Å². The molecule has 1 aromatic carbocycles. The highest BCUT2D eigenvalue weighted by atomic mass is 32.1. The maximum Gasteiger partial charge on any atom is 0.232 e. The summed E-state index contributed by atoms with van der Waals surface area (Å²) in [6.07, 6.45) is 0. The fourth-order valence-electron chi connectivity index (χ4n) is 1.42. The lowest BCUT2D eigenvalue weighted by molar-refractivity contribution is 0.404. The predicted octanol–water partition coefficient (Wildman–Crippen LogP) is 1.72. The Morgan fingerprint density at radius 1 is 1.24 bits per heavy atom. The Bertz CT molecular complexity index is 489. The molecule has 2 aromatic rings. The number of benzene rings is 1. The van der Waals surface area contributed by atoms with E-state index in [4.69, 9.17) is 9.47 Å². The zero-order valence-electron chi connectivity index (χ0n) is 9.75. The van der Waals surface area contributed by atoms with Gasteiger partial charge >= 0.3 is 0 Å². The van der Waals surface area contributed by atoms with Crippen molar-refractivity contribution in [3.63, 3.8) is 0 Å². The van der Waals surface area contributed by atoms with Crippen LogP contribution in [0.25, 0.3) is 0 Å². The molecule has 0 aliphatic carbocycles. The second-order valence-corrected chi connectivity index (χ2v) is 3.95. The molecule has 0 atom stereocenters. The Morgan fingerprint density at radius 3 is 2.65 bits per heavy atom. The van der Waals surface area contributed by atoms with Crippen molar-refractivity contribution in [2.45, 2.75) is 0 Å². The van der Waals surface area contributed by atoms with Gasteiger partial charge in [0, 0.05) is 24.6 Å². The van der Waals surface area contributed by atoms with Crippen LogP contribution >= 0.6 is 11.5 Å². The van der Waals surface area contributed by atoms with Crippen molar-refractivity contribution in [2.75, 3.05) is 26.2 Å². The Labute approximate surface area is 103 Å². The summed E-state index contributed by atoms with van der Waals surface area (Å²) in [7, 11) is 5.12. The van der Waals surface area contributed by atoms with Crippen molar-refractivity contribution >= 4 is 22.4 Å². The molecular weight excluding hydrogens is 240 g/mol. The van der Waals surface area contributed by atoms with Crippen LogP contribution in [-0.4, -0.2) is 36.1 Å². The van der Waals surface area contributed by atoms with Crippen molar-refractivity contribution < 1.29 is 9.47 Å². The smallest absolute Gasteiger partial charge is 0.232 e. The number of hydrogen-bond donors (Lipinski definition) is 0. The van der Waals surface area contributed by atoms with Gasteiger partial charge in [-0.25, -0.2) is 0 Å². The van der Waals surface area contributed by atoms with Gasteiger partial charge in [0.25, 0.3) is 0 Å². The van der Waals surface area contributed by atoms with E-state index in [-0.39, 0.29) is 0 Å². The van der Waals surface area contributed by atoms with E-state index in [1.54, 1.807) is 14.2 Å². The van der Waals surface area contributed by atoms with E-state index in [9.17, 15) is 0 Å². The first-order valence-corrected chi connectivity index (χ1v) is 5.64. The first-order chi connectivity index (χ1) is 8.26. The quantitative estimate of drug-likeness (QED) is 0.825. The number of nitrogens with zero attached hydrogens (tertiary/aromatic N) is 4. The van der Waals surface area contributed by atoms with E-state index in [1.807, 2.05) is 30.1 Å². The molecule has 6 nitrogen and oxygen atoms in total. The van der Waals surface area contributed by atoms with Gasteiger partial charge in [0.05, 0.1) is 19.9 Å². The van der Waals surface area contributed by atoms with Crippen LogP contribution in [0.2, 0.25) is 0 Å². The third-order valence-corrected chi connectivity index (χ3v) is 3.00. The summed E-state index contributed by atoms with van der Waals surface area (Å²) < 4.78 is 14.2. The van der Waals surface area contributed by atoms with Crippen molar-refractivity contribution in [1.29, 1.82) is 0 Å². The summed E-state index contributed by atoms with van der Waals surface area (Å²) >= 11 is 1.22. The van der Waals surface area contributed by atoms with Crippen LogP contribution < -0.4 is 14.4 Å². The number of methoxy groups -OCH3 is 2. The monoisotopic (exact) mass is 252 g/mol. The normalized spacial score (nSPS) is 10.1. The average Bonchev–Trinajstić information content (AvgIpc) is 2.91. The van der Waals surface area contributed by atoms with Gasteiger partial charge in [0.2, 0.25) is 5.13 Å². The molecule has 1 aromatic heterocycles. The molecule has 0 aliphatic rings. The summed E-state index contributed by atoms with van der Waals surface area (Å²) in [4.78, 5) is 1.85. The molecule has 7 heteroatoms. The molecular formula is C10H12N4O2S. The number of aromatic nitrogens is 3. The molecule has 0 N–H and O–H groups in total. The molecule has 90 valence electrons. The molecule has 0 unspecified atom stereocenters. The second-order valence-electron chi connectivity index (χ2n) is 3.24. The average molecular weight is 252 g/mol. The highest BCUT2D eigenvalue weighted by Gasteiger charge is 2.14. The zero-order valence-corrected chi connectivity index (χ0v) is 10.6. The summed E-state index contributed by atoms with van der Waals surface area (Å²) in [6.45, 7) is 0. The Kier molecular flexibility index (Phi) is 3.38. The maximum atomic E-state index is 5.30. The summed E-state index contributed by atoms with van der Waals surface area (Å²) in [6, 6.07) is 5.56. The van der Waals surface area contributed by atoms with E-state index < -0.39 is 0 Å². The Hall–Kier alpha value is -1.89. The first kappa shape index (κ1) is 11.6. The van der Waals surface area contributed by atoms with Crippen molar-refractivity contribution in [2.24, 2.45) is 0 Å². The second kappa shape index (κ2) is 4.96. The lowest BCUT2D eigenvalue weighted by Gasteiger charge is -2.18. The highest BCUT2D eigenvalue weighted by molar-refractivity contribution is 7.09. The van der Waals surface area contributed by atoms with Crippen LogP contribution in [0.1, 0.15) is 0 Å². The minimum absolute atomic E-state index is 0.691. The third-order valence-electron chi connectivity index (χ3n) is 2.32. The van der Waals surface area contributed by atoms with Crippen molar-refractivity contribution in [3.05, 3.63) is 18.2 Å². The van der Waals surface area contributed by atoms with E-state index in [0.717, 1.165) is 17.2 Å². The molecule has 2 rings (SSSR count). The molecule has 1 heterocycles. The van der Waals surface area contributed by atoms with E-state index in [1.165, 1.54) is 11.5 Å². The van der Waals surface area contributed by atoms with Gasteiger partial charge in [-0.15, -0.1) is 0 Å². The van der Waals surface area contributed by atoms with E-state index in [2.05, 4.69) is 14.8 Å². The molecule has 17 heavy (non-hydrogen) atoms. The largest absolute Gasteiger partial charge is 0.497 e. The van der Waals surface area contributed by atoms with Crippen LogP contribution in [0.5, 0.6) is 11.5 Å². The maximum absolute atomic E-state index is 5.30. The Balaban J connectivity index is 2.41. The van der Waals surface area contributed by atoms with Crippen LogP contribution in [0, 0.1) is 0 Å². The van der Waals surface area contributed by atoms with Gasteiger partial charge in [-0.1, -0.05) is 9.59 Å². The van der Waals surface area contributed by atoms with Crippen LogP contribution in [0.3, 0.4) is 0 Å². The molecule has 0 saturated heterocycles. The fraction of sp³-hybridized carbons (Fsp3) is 0.300. The van der Waals surface area contributed by atoms with Gasteiger partial charge < -0.3 is 14.4 Å². The van der Waals surface area contributed by atoms with E-state index >= 15 is 0 Å². The topological polar surface area (TPSA) is 60.4 Å². The third kappa shape index (κ3) is 2.28. The van der Waals surface area contributed by atoms with Crippen molar-refractivity contribution in [3.8, 4) is 11.5 Å². The first-order valence-electron chi connectivity index (χ1n) is 4.87. The van der Waals surface area contributed by atoms with Gasteiger partial charge in [-0.3, -0.25) is 0 Å². The Morgan fingerprint density at radius 2 is 2.06 bits per heavy atom. The molecule has 0 amide bonds. The molecule has 0 spiro atoms. The zero-order chi connectivity index (χ0) is 12.3. The van der Waals surface area contributed by atoms with Gasteiger partial charge in [0.1, 0.15) is 11.5 Å². The standard InChI is InChI=1S/C10H12N4O2S/c1-14(10-11-12-13-17-10)8-6-7(15-2)4-5-9(8)16-3/h4-6H,1-3H3. The summed E-state index contributed by atoms with van der Waals surface area (Å²) in [5, 5.41) is 8.17. The number of hydrogen-bond acceptors (Lipinski definition) is 7. The fourth-order valence-corrected chi connectivity index (χ4v) is 1.86. The number of anilines is 2. The van der Waals surface area contributed by atoms with E-state index in [0.29, 0.717) is 5.13 Å². The molecule has 0 radical (unpaired) electrons. The van der Waals surface area contributed by atoms with Gasteiger partial charge in [0.15, 0.2) is 0 Å². The number of rotatable bonds is 4. The lowest BCUT2D eigenvalue weighted by atomic mass is 10.2. The molecule has 0 aliphatic heterocycles. The SMILES string of the molecule is COc1ccc(OC)c(N(C)c2nnns2)c1. The molecule has 0 saturated carbocycles. The van der Waals surface area contributed by atoms with Crippen LogP contribution in [0.4, 0.5) is 10.8 Å². The summed E-state index contributed by atoms with van der Waals surface area (Å²) in [5.74, 6) is 1.49.